The lowest BCUT2D eigenvalue weighted by Crippen LogP contribution is -2.12. The van der Waals surface area contributed by atoms with Crippen molar-refractivity contribution < 1.29 is 17.6 Å². The fourth-order valence-electron chi connectivity index (χ4n) is 3.06. The second kappa shape index (κ2) is 8.72. The summed E-state index contributed by atoms with van der Waals surface area (Å²) in [5.74, 6) is -0.0174. The molecule has 0 unspecified atom stereocenters. The minimum absolute atomic E-state index is 0.119. The van der Waals surface area contributed by atoms with Gasteiger partial charge in [-0.15, -0.1) is 10.2 Å². The first-order valence-corrected chi connectivity index (χ1v) is 10.4. The number of hydrogen-bond acceptors (Lipinski definition) is 3. The van der Waals surface area contributed by atoms with Gasteiger partial charge in [0, 0.05) is 16.3 Å². The number of nitrogens with zero attached hydrogens (tertiary/aromatic N) is 3. The standard InChI is InChI=1S/C22H14ClF4N3S/c23-16-8-5-7-14(12-16)20-28-29-21(31-13-15-6-1-3-10-18(15)24)30(20)19-11-4-2-9-17(19)22(25,26)27/h1-12H,13H2. The van der Waals surface area contributed by atoms with Crippen LogP contribution in [-0.4, -0.2) is 14.8 Å². The largest absolute Gasteiger partial charge is 0.418 e. The van der Waals surface area contributed by atoms with Gasteiger partial charge in [-0.1, -0.05) is 65.8 Å². The highest BCUT2D eigenvalue weighted by Gasteiger charge is 2.35. The van der Waals surface area contributed by atoms with Gasteiger partial charge in [0.05, 0.1) is 11.3 Å². The second-order valence-electron chi connectivity index (χ2n) is 6.55. The zero-order valence-electron chi connectivity index (χ0n) is 15.8. The van der Waals surface area contributed by atoms with E-state index in [0.29, 0.717) is 16.1 Å². The predicted octanol–water partition coefficient (Wildman–Crippen LogP) is 7.04. The van der Waals surface area contributed by atoms with E-state index in [1.54, 1.807) is 42.5 Å². The first-order valence-electron chi connectivity index (χ1n) is 9.09. The van der Waals surface area contributed by atoms with Crippen LogP contribution in [0.1, 0.15) is 11.1 Å². The van der Waals surface area contributed by atoms with Gasteiger partial charge in [0.15, 0.2) is 11.0 Å². The molecule has 9 heteroatoms. The molecular weight excluding hydrogens is 450 g/mol. The highest BCUT2D eigenvalue weighted by atomic mass is 35.5. The Balaban J connectivity index is 1.85. The van der Waals surface area contributed by atoms with E-state index in [9.17, 15) is 17.6 Å². The van der Waals surface area contributed by atoms with Gasteiger partial charge in [0.2, 0.25) is 0 Å². The van der Waals surface area contributed by atoms with Gasteiger partial charge in [-0.3, -0.25) is 4.57 Å². The Morgan fingerprint density at radius 3 is 2.39 bits per heavy atom. The van der Waals surface area contributed by atoms with E-state index < -0.39 is 17.6 Å². The highest BCUT2D eigenvalue weighted by Crippen LogP contribution is 2.38. The lowest BCUT2D eigenvalue weighted by Gasteiger charge is -2.16. The zero-order valence-corrected chi connectivity index (χ0v) is 17.3. The van der Waals surface area contributed by atoms with Crippen molar-refractivity contribution in [1.29, 1.82) is 0 Å². The molecule has 3 aromatic carbocycles. The Morgan fingerprint density at radius 1 is 0.903 bits per heavy atom. The van der Waals surface area contributed by atoms with Crippen LogP contribution in [-0.2, 0) is 11.9 Å². The molecule has 0 bridgehead atoms. The molecule has 4 rings (SSSR count). The molecule has 31 heavy (non-hydrogen) atoms. The van der Waals surface area contributed by atoms with Crippen molar-refractivity contribution in [3.05, 3.63) is 94.8 Å². The van der Waals surface area contributed by atoms with Crippen molar-refractivity contribution in [3.63, 3.8) is 0 Å². The number of benzene rings is 3. The predicted molar refractivity (Wildman–Crippen MR) is 113 cm³/mol. The summed E-state index contributed by atoms with van der Waals surface area (Å²) in [6, 6.07) is 18.0. The van der Waals surface area contributed by atoms with E-state index in [2.05, 4.69) is 10.2 Å². The minimum Gasteiger partial charge on any atom is -0.269 e. The lowest BCUT2D eigenvalue weighted by atomic mass is 10.1. The maximum atomic E-state index is 14.0. The minimum atomic E-state index is -4.58. The van der Waals surface area contributed by atoms with Gasteiger partial charge in [-0.05, 0) is 35.9 Å². The molecule has 0 aliphatic heterocycles. The monoisotopic (exact) mass is 463 g/mol. The van der Waals surface area contributed by atoms with E-state index in [0.717, 1.165) is 17.8 Å². The van der Waals surface area contributed by atoms with Crippen molar-refractivity contribution in [3.8, 4) is 17.1 Å². The van der Waals surface area contributed by atoms with Crippen LogP contribution in [0.4, 0.5) is 17.6 Å². The van der Waals surface area contributed by atoms with E-state index in [1.807, 2.05) is 0 Å². The summed E-state index contributed by atoms with van der Waals surface area (Å²) < 4.78 is 56.6. The number of rotatable bonds is 5. The number of para-hydroxylation sites is 1. The van der Waals surface area contributed by atoms with Gasteiger partial charge >= 0.3 is 6.18 Å². The molecule has 0 amide bonds. The van der Waals surface area contributed by atoms with Crippen molar-refractivity contribution in [2.45, 2.75) is 17.1 Å². The average Bonchev–Trinajstić information content (AvgIpc) is 3.16. The molecule has 0 radical (unpaired) electrons. The summed E-state index contributed by atoms with van der Waals surface area (Å²) in [6.45, 7) is 0. The molecule has 0 aliphatic carbocycles. The third-order valence-electron chi connectivity index (χ3n) is 4.48. The molecule has 0 saturated carbocycles. The number of aromatic nitrogens is 3. The zero-order chi connectivity index (χ0) is 22.0. The van der Waals surface area contributed by atoms with Crippen molar-refractivity contribution in [2.24, 2.45) is 0 Å². The van der Waals surface area contributed by atoms with Crippen LogP contribution in [0.15, 0.2) is 78.0 Å². The highest BCUT2D eigenvalue weighted by molar-refractivity contribution is 7.98. The third-order valence-corrected chi connectivity index (χ3v) is 5.69. The van der Waals surface area contributed by atoms with Crippen molar-refractivity contribution in [2.75, 3.05) is 0 Å². The van der Waals surface area contributed by atoms with Crippen LogP contribution in [0.25, 0.3) is 17.1 Å². The van der Waals surface area contributed by atoms with Gasteiger partial charge < -0.3 is 0 Å². The fourth-order valence-corrected chi connectivity index (χ4v) is 4.18. The molecule has 0 saturated heterocycles. The average molecular weight is 464 g/mol. The Morgan fingerprint density at radius 2 is 1.65 bits per heavy atom. The topological polar surface area (TPSA) is 30.7 Å². The second-order valence-corrected chi connectivity index (χ2v) is 7.93. The summed E-state index contributed by atoms with van der Waals surface area (Å²) in [6.07, 6.45) is -4.58. The Kier molecular flexibility index (Phi) is 6.02. The molecule has 1 heterocycles. The van der Waals surface area contributed by atoms with E-state index in [1.165, 1.54) is 28.8 Å². The first kappa shape index (κ1) is 21.4. The van der Waals surface area contributed by atoms with Crippen LogP contribution in [0.3, 0.4) is 0 Å². The first-order chi connectivity index (χ1) is 14.8. The molecule has 3 nitrogen and oxygen atoms in total. The van der Waals surface area contributed by atoms with E-state index >= 15 is 0 Å². The molecular formula is C22H14ClF4N3S. The van der Waals surface area contributed by atoms with E-state index in [-0.39, 0.29) is 22.4 Å². The van der Waals surface area contributed by atoms with Gasteiger partial charge in [-0.2, -0.15) is 13.2 Å². The van der Waals surface area contributed by atoms with Crippen molar-refractivity contribution in [1.82, 2.24) is 14.8 Å². The molecule has 158 valence electrons. The molecule has 0 aliphatic rings. The van der Waals surface area contributed by atoms with Crippen LogP contribution in [0.2, 0.25) is 5.02 Å². The van der Waals surface area contributed by atoms with Crippen LogP contribution >= 0.6 is 23.4 Å². The molecule has 0 atom stereocenters. The smallest absolute Gasteiger partial charge is 0.269 e. The van der Waals surface area contributed by atoms with Gasteiger partial charge in [0.25, 0.3) is 0 Å². The Labute approximate surface area is 184 Å². The number of halogens is 5. The summed E-state index contributed by atoms with van der Waals surface area (Å²) in [7, 11) is 0. The molecule has 4 aromatic rings. The van der Waals surface area contributed by atoms with Crippen molar-refractivity contribution >= 4 is 23.4 Å². The molecule has 0 spiro atoms. The Bertz CT molecular complexity index is 1220. The van der Waals surface area contributed by atoms with E-state index in [4.69, 9.17) is 11.6 Å². The number of alkyl halides is 3. The van der Waals surface area contributed by atoms with Crippen LogP contribution in [0, 0.1) is 5.82 Å². The van der Waals surface area contributed by atoms with Gasteiger partial charge in [0.1, 0.15) is 5.82 Å². The van der Waals surface area contributed by atoms with Crippen LogP contribution < -0.4 is 0 Å². The summed E-state index contributed by atoms with van der Waals surface area (Å²) in [4.78, 5) is 0. The summed E-state index contributed by atoms with van der Waals surface area (Å²) >= 11 is 7.18. The number of hydrogen-bond donors (Lipinski definition) is 0. The molecule has 1 aromatic heterocycles. The third kappa shape index (κ3) is 4.60. The maximum absolute atomic E-state index is 14.0. The normalized spacial score (nSPS) is 11.6. The fraction of sp³-hybridized carbons (Fsp3) is 0.0909. The SMILES string of the molecule is Fc1ccccc1CSc1nnc(-c2cccc(Cl)c2)n1-c1ccccc1C(F)(F)F. The van der Waals surface area contributed by atoms with Crippen LogP contribution in [0.5, 0.6) is 0 Å². The quantitative estimate of drug-likeness (QED) is 0.235. The summed E-state index contributed by atoms with van der Waals surface area (Å²) in [5.41, 5.74) is -0.0259. The maximum Gasteiger partial charge on any atom is 0.418 e. The summed E-state index contributed by atoms with van der Waals surface area (Å²) in [5, 5.41) is 8.86. The van der Waals surface area contributed by atoms with Gasteiger partial charge in [-0.25, -0.2) is 4.39 Å². The lowest BCUT2D eigenvalue weighted by molar-refractivity contribution is -0.137. The molecule has 0 N–H and O–H groups in total. The number of thioether (sulfide) groups is 1. The molecule has 0 fully saturated rings. The Hall–Kier alpha value is -2.84.